The Morgan fingerprint density at radius 3 is 3.21 bits per heavy atom. The van der Waals surface area contributed by atoms with Crippen LogP contribution in [-0.2, 0) is 9.53 Å². The molecule has 1 unspecified atom stereocenters. The van der Waals surface area contributed by atoms with Crippen LogP contribution in [0.15, 0.2) is 12.7 Å². The second-order valence-electron chi connectivity index (χ2n) is 3.33. The zero-order valence-corrected chi connectivity index (χ0v) is 8.42. The van der Waals surface area contributed by atoms with Gasteiger partial charge in [0.1, 0.15) is 0 Å². The summed E-state index contributed by atoms with van der Waals surface area (Å²) in [6.45, 7) is 6.62. The van der Waals surface area contributed by atoms with Crippen LogP contribution in [0, 0.1) is 0 Å². The molecule has 0 aliphatic carbocycles. The highest BCUT2D eigenvalue weighted by molar-refractivity contribution is 5.75. The van der Waals surface area contributed by atoms with E-state index in [4.69, 9.17) is 4.74 Å². The lowest BCUT2D eigenvalue weighted by atomic mass is 10.2. The maximum Gasteiger partial charge on any atom is 0.220 e. The lowest BCUT2D eigenvalue weighted by Gasteiger charge is -2.23. The molecule has 1 heterocycles. The largest absolute Gasteiger partial charge is 0.374 e. The summed E-state index contributed by atoms with van der Waals surface area (Å²) in [5.41, 5.74) is 0. The van der Waals surface area contributed by atoms with E-state index in [0.717, 1.165) is 26.1 Å². The number of carbonyl (C=O) groups excluding carboxylic acids is 1. The first-order valence-corrected chi connectivity index (χ1v) is 5.03. The van der Waals surface area contributed by atoms with Crippen LogP contribution < -0.4 is 10.6 Å². The number of carbonyl (C=O) groups is 1. The van der Waals surface area contributed by atoms with Gasteiger partial charge in [0.2, 0.25) is 5.91 Å². The summed E-state index contributed by atoms with van der Waals surface area (Å²) in [6, 6.07) is 0. The van der Waals surface area contributed by atoms with Crippen LogP contribution in [0.4, 0.5) is 0 Å². The van der Waals surface area contributed by atoms with E-state index in [1.807, 2.05) is 0 Å². The van der Waals surface area contributed by atoms with Gasteiger partial charge in [0, 0.05) is 26.1 Å². The minimum Gasteiger partial charge on any atom is -0.374 e. The first-order chi connectivity index (χ1) is 6.83. The highest BCUT2D eigenvalue weighted by atomic mass is 16.5. The molecule has 0 aromatic rings. The van der Waals surface area contributed by atoms with Gasteiger partial charge in [-0.2, -0.15) is 0 Å². The van der Waals surface area contributed by atoms with Gasteiger partial charge in [-0.05, 0) is 6.42 Å². The van der Waals surface area contributed by atoms with Gasteiger partial charge in [-0.15, -0.1) is 6.58 Å². The molecule has 1 aliphatic rings. The van der Waals surface area contributed by atoms with Crippen LogP contribution in [0.2, 0.25) is 0 Å². The molecule has 0 spiro atoms. The van der Waals surface area contributed by atoms with E-state index < -0.39 is 0 Å². The maximum absolute atomic E-state index is 11.2. The summed E-state index contributed by atoms with van der Waals surface area (Å²) in [5.74, 6) is 0.0686. The number of hydrogen-bond donors (Lipinski definition) is 2. The molecule has 1 fully saturated rings. The fourth-order valence-corrected chi connectivity index (χ4v) is 1.30. The van der Waals surface area contributed by atoms with Crippen LogP contribution in [-0.4, -0.2) is 38.3 Å². The summed E-state index contributed by atoms with van der Waals surface area (Å²) in [6.07, 6.45) is 3.12. The fraction of sp³-hybridized carbons (Fsp3) is 0.700. The number of hydrogen-bond acceptors (Lipinski definition) is 3. The lowest BCUT2D eigenvalue weighted by Crippen LogP contribution is -2.45. The van der Waals surface area contributed by atoms with E-state index in [2.05, 4.69) is 17.2 Å². The zero-order valence-electron chi connectivity index (χ0n) is 8.42. The Morgan fingerprint density at radius 2 is 2.57 bits per heavy atom. The standard InChI is InChI=1S/C10H18N2O2/c1-2-3-4-10(13)12-8-9-7-11-5-6-14-9/h2,9,11H,1,3-8H2,(H,12,13). The van der Waals surface area contributed by atoms with Gasteiger partial charge in [-0.25, -0.2) is 0 Å². The Labute approximate surface area is 84.7 Å². The van der Waals surface area contributed by atoms with Crippen LogP contribution in [0.25, 0.3) is 0 Å². The van der Waals surface area contributed by atoms with Crippen LogP contribution in [0.3, 0.4) is 0 Å². The summed E-state index contributed by atoms with van der Waals surface area (Å²) in [7, 11) is 0. The fourth-order valence-electron chi connectivity index (χ4n) is 1.30. The van der Waals surface area contributed by atoms with Gasteiger partial charge in [0.15, 0.2) is 0 Å². The van der Waals surface area contributed by atoms with Crippen molar-refractivity contribution in [3.05, 3.63) is 12.7 Å². The molecule has 4 nitrogen and oxygen atoms in total. The van der Waals surface area contributed by atoms with Gasteiger partial charge in [-0.1, -0.05) is 6.08 Å². The zero-order chi connectivity index (χ0) is 10.2. The Kier molecular flexibility index (Phi) is 5.25. The number of amides is 1. The molecule has 80 valence electrons. The van der Waals surface area contributed by atoms with Crippen LogP contribution >= 0.6 is 0 Å². The molecule has 1 atom stereocenters. The third-order valence-corrected chi connectivity index (χ3v) is 2.11. The molecule has 1 saturated heterocycles. The number of morpholine rings is 1. The van der Waals surface area contributed by atoms with E-state index in [-0.39, 0.29) is 12.0 Å². The molecular formula is C10H18N2O2. The highest BCUT2D eigenvalue weighted by Crippen LogP contribution is 1.95. The average molecular weight is 198 g/mol. The van der Waals surface area contributed by atoms with E-state index in [9.17, 15) is 4.79 Å². The minimum absolute atomic E-state index is 0.0686. The van der Waals surface area contributed by atoms with Crippen molar-refractivity contribution in [2.45, 2.75) is 18.9 Å². The SMILES string of the molecule is C=CCCC(=O)NCC1CNCCO1. The molecule has 4 heteroatoms. The topological polar surface area (TPSA) is 50.4 Å². The van der Waals surface area contributed by atoms with Crippen molar-refractivity contribution < 1.29 is 9.53 Å². The smallest absolute Gasteiger partial charge is 0.220 e. The number of allylic oxidation sites excluding steroid dienone is 1. The molecule has 0 bridgehead atoms. The summed E-state index contributed by atoms with van der Waals surface area (Å²) in [5, 5.41) is 6.04. The summed E-state index contributed by atoms with van der Waals surface area (Å²) in [4.78, 5) is 11.2. The normalized spacial score (nSPS) is 21.6. The van der Waals surface area contributed by atoms with Crippen molar-refractivity contribution in [3.8, 4) is 0 Å². The third-order valence-electron chi connectivity index (χ3n) is 2.11. The van der Waals surface area contributed by atoms with E-state index >= 15 is 0 Å². The first-order valence-electron chi connectivity index (χ1n) is 5.03. The highest BCUT2D eigenvalue weighted by Gasteiger charge is 2.13. The minimum atomic E-state index is 0.0686. The van der Waals surface area contributed by atoms with Gasteiger partial charge in [0.25, 0.3) is 0 Å². The molecule has 0 aromatic carbocycles. The van der Waals surface area contributed by atoms with Crippen molar-refractivity contribution in [1.82, 2.24) is 10.6 Å². The molecule has 0 radical (unpaired) electrons. The number of ether oxygens (including phenoxy) is 1. The second-order valence-corrected chi connectivity index (χ2v) is 3.33. The van der Waals surface area contributed by atoms with E-state index in [1.165, 1.54) is 0 Å². The van der Waals surface area contributed by atoms with E-state index in [0.29, 0.717) is 13.0 Å². The Balaban J connectivity index is 2.06. The number of nitrogens with one attached hydrogen (secondary N) is 2. The van der Waals surface area contributed by atoms with Crippen LogP contribution in [0.5, 0.6) is 0 Å². The first kappa shape index (κ1) is 11.2. The van der Waals surface area contributed by atoms with Gasteiger partial charge >= 0.3 is 0 Å². The van der Waals surface area contributed by atoms with Gasteiger partial charge in [-0.3, -0.25) is 4.79 Å². The molecule has 1 rings (SSSR count). The lowest BCUT2D eigenvalue weighted by molar-refractivity contribution is -0.121. The predicted octanol–water partition coefficient (Wildman–Crippen LogP) is 0.0572. The quantitative estimate of drug-likeness (QED) is 0.614. The summed E-state index contributed by atoms with van der Waals surface area (Å²) >= 11 is 0. The average Bonchev–Trinajstić information content (AvgIpc) is 2.25. The van der Waals surface area contributed by atoms with Crippen molar-refractivity contribution in [1.29, 1.82) is 0 Å². The molecule has 0 saturated carbocycles. The summed E-state index contributed by atoms with van der Waals surface area (Å²) < 4.78 is 5.44. The van der Waals surface area contributed by atoms with Crippen molar-refractivity contribution in [2.75, 3.05) is 26.2 Å². The molecule has 14 heavy (non-hydrogen) atoms. The third kappa shape index (κ3) is 4.39. The molecule has 1 amide bonds. The van der Waals surface area contributed by atoms with Crippen molar-refractivity contribution in [3.63, 3.8) is 0 Å². The van der Waals surface area contributed by atoms with E-state index in [1.54, 1.807) is 6.08 Å². The van der Waals surface area contributed by atoms with Crippen molar-refractivity contribution >= 4 is 5.91 Å². The Hall–Kier alpha value is -0.870. The predicted molar refractivity (Wildman–Crippen MR) is 55.1 cm³/mol. The van der Waals surface area contributed by atoms with Gasteiger partial charge in [0.05, 0.1) is 12.7 Å². The Bertz CT molecular complexity index is 189. The maximum atomic E-state index is 11.2. The molecule has 2 N–H and O–H groups in total. The number of rotatable bonds is 5. The Morgan fingerprint density at radius 1 is 1.71 bits per heavy atom. The molecule has 0 aromatic heterocycles. The molecule has 1 aliphatic heterocycles. The monoisotopic (exact) mass is 198 g/mol. The van der Waals surface area contributed by atoms with Gasteiger partial charge < -0.3 is 15.4 Å². The molecular weight excluding hydrogens is 180 g/mol. The van der Waals surface area contributed by atoms with Crippen LogP contribution in [0.1, 0.15) is 12.8 Å². The van der Waals surface area contributed by atoms with Crippen molar-refractivity contribution in [2.24, 2.45) is 0 Å². The second kappa shape index (κ2) is 6.56.